The third-order valence-electron chi connectivity index (χ3n) is 3.21. The molecule has 2 N–H and O–H groups in total. The molecule has 2 rings (SSSR count). The van der Waals surface area contributed by atoms with Gasteiger partial charge in [-0.2, -0.15) is 0 Å². The van der Waals surface area contributed by atoms with Crippen LogP contribution in [0.2, 0.25) is 0 Å². The van der Waals surface area contributed by atoms with Crippen molar-refractivity contribution in [1.82, 2.24) is 0 Å². The number of hydrogen-bond donors (Lipinski definition) is 1. The summed E-state index contributed by atoms with van der Waals surface area (Å²) in [7, 11) is 0. The SMILES string of the molecule is CC(C)Oc1cc(N2CCOC(C)(C)C2)c(N)cc1F. The van der Waals surface area contributed by atoms with Crippen LogP contribution in [0.15, 0.2) is 12.1 Å². The predicted molar refractivity (Wildman–Crippen MR) is 78.8 cm³/mol. The zero-order valence-corrected chi connectivity index (χ0v) is 12.6. The number of rotatable bonds is 3. The first-order valence-electron chi connectivity index (χ1n) is 6.93. The summed E-state index contributed by atoms with van der Waals surface area (Å²) in [5.41, 5.74) is 6.96. The quantitative estimate of drug-likeness (QED) is 0.866. The maximum Gasteiger partial charge on any atom is 0.167 e. The maximum absolute atomic E-state index is 13.9. The van der Waals surface area contributed by atoms with Crippen molar-refractivity contribution < 1.29 is 13.9 Å². The molecule has 0 spiro atoms. The Morgan fingerprint density at radius 1 is 1.40 bits per heavy atom. The van der Waals surface area contributed by atoms with Crippen LogP contribution < -0.4 is 15.4 Å². The molecule has 1 aromatic rings. The number of benzene rings is 1. The lowest BCUT2D eigenvalue weighted by Gasteiger charge is -2.40. The molecule has 0 aromatic heterocycles. The highest BCUT2D eigenvalue weighted by Gasteiger charge is 2.28. The highest BCUT2D eigenvalue weighted by molar-refractivity contribution is 5.70. The number of morpholine rings is 1. The van der Waals surface area contributed by atoms with E-state index in [4.69, 9.17) is 15.2 Å². The van der Waals surface area contributed by atoms with Crippen LogP contribution in [0.25, 0.3) is 0 Å². The van der Waals surface area contributed by atoms with Gasteiger partial charge in [-0.3, -0.25) is 0 Å². The zero-order chi connectivity index (χ0) is 14.9. The molecule has 0 radical (unpaired) electrons. The second-order valence-electron chi connectivity index (χ2n) is 6.04. The van der Waals surface area contributed by atoms with Gasteiger partial charge in [0.1, 0.15) is 0 Å². The summed E-state index contributed by atoms with van der Waals surface area (Å²) in [4.78, 5) is 2.12. The Kier molecular flexibility index (Phi) is 4.09. The van der Waals surface area contributed by atoms with Crippen LogP contribution in [0.1, 0.15) is 27.7 Å². The molecule has 112 valence electrons. The molecule has 0 unspecified atom stereocenters. The zero-order valence-electron chi connectivity index (χ0n) is 12.6. The van der Waals surface area contributed by atoms with Gasteiger partial charge in [-0.1, -0.05) is 0 Å². The largest absolute Gasteiger partial charge is 0.488 e. The third-order valence-corrected chi connectivity index (χ3v) is 3.21. The standard InChI is InChI=1S/C15H23FN2O2/c1-10(2)20-14-8-13(12(17)7-11(14)16)18-5-6-19-15(3,4)9-18/h7-8,10H,5-6,9,17H2,1-4H3. The Hall–Kier alpha value is -1.49. The van der Waals surface area contributed by atoms with Crippen molar-refractivity contribution in [2.24, 2.45) is 0 Å². The molecule has 1 saturated heterocycles. The summed E-state index contributed by atoms with van der Waals surface area (Å²) in [6.45, 7) is 9.88. The van der Waals surface area contributed by atoms with Gasteiger partial charge in [-0.15, -0.1) is 0 Å². The highest BCUT2D eigenvalue weighted by Crippen LogP contribution is 2.33. The molecule has 5 heteroatoms. The van der Waals surface area contributed by atoms with Crippen LogP contribution >= 0.6 is 0 Å². The minimum Gasteiger partial charge on any atom is -0.488 e. The first-order chi connectivity index (χ1) is 9.28. The summed E-state index contributed by atoms with van der Waals surface area (Å²) in [5, 5.41) is 0. The summed E-state index contributed by atoms with van der Waals surface area (Å²) in [6, 6.07) is 3.02. The number of nitrogen functional groups attached to an aromatic ring is 1. The van der Waals surface area contributed by atoms with Gasteiger partial charge in [0.25, 0.3) is 0 Å². The molecule has 1 aromatic carbocycles. The Balaban J connectivity index is 2.31. The molecule has 0 bridgehead atoms. The van der Waals surface area contributed by atoms with Crippen molar-refractivity contribution in [3.63, 3.8) is 0 Å². The molecule has 0 aliphatic carbocycles. The van der Waals surface area contributed by atoms with Gasteiger partial charge in [-0.05, 0) is 27.7 Å². The number of ether oxygens (including phenoxy) is 2. The van der Waals surface area contributed by atoms with E-state index in [1.165, 1.54) is 6.07 Å². The lowest BCUT2D eigenvalue weighted by atomic mass is 10.1. The summed E-state index contributed by atoms with van der Waals surface area (Å²) in [5.74, 6) is -0.180. The first kappa shape index (κ1) is 14.9. The van der Waals surface area contributed by atoms with Gasteiger partial charge in [0.05, 0.1) is 29.7 Å². The molecule has 0 atom stereocenters. The van der Waals surface area contributed by atoms with Crippen molar-refractivity contribution in [2.75, 3.05) is 30.3 Å². The Morgan fingerprint density at radius 3 is 2.70 bits per heavy atom. The molecule has 20 heavy (non-hydrogen) atoms. The van der Waals surface area contributed by atoms with E-state index in [2.05, 4.69) is 4.90 Å². The summed E-state index contributed by atoms with van der Waals surface area (Å²) >= 11 is 0. The number of hydrogen-bond acceptors (Lipinski definition) is 4. The Morgan fingerprint density at radius 2 is 2.10 bits per heavy atom. The van der Waals surface area contributed by atoms with E-state index >= 15 is 0 Å². The summed E-state index contributed by atoms with van der Waals surface area (Å²) < 4.78 is 25.0. The van der Waals surface area contributed by atoms with E-state index < -0.39 is 5.82 Å². The van der Waals surface area contributed by atoms with Crippen LogP contribution in [-0.4, -0.2) is 31.4 Å². The molecule has 1 fully saturated rings. The first-order valence-corrected chi connectivity index (χ1v) is 6.93. The van der Waals surface area contributed by atoms with Crippen molar-refractivity contribution in [1.29, 1.82) is 0 Å². The van der Waals surface area contributed by atoms with E-state index in [-0.39, 0.29) is 17.5 Å². The molecule has 4 nitrogen and oxygen atoms in total. The minimum atomic E-state index is -0.424. The molecule has 1 heterocycles. The number of nitrogens with zero attached hydrogens (tertiary/aromatic N) is 1. The van der Waals surface area contributed by atoms with Gasteiger partial charge in [0.2, 0.25) is 0 Å². The van der Waals surface area contributed by atoms with E-state index in [1.807, 2.05) is 27.7 Å². The van der Waals surface area contributed by atoms with Crippen LogP contribution in [0.4, 0.5) is 15.8 Å². The monoisotopic (exact) mass is 282 g/mol. The van der Waals surface area contributed by atoms with Crippen molar-refractivity contribution in [2.45, 2.75) is 39.4 Å². The van der Waals surface area contributed by atoms with Crippen LogP contribution in [0.5, 0.6) is 5.75 Å². The normalized spacial score (nSPS) is 18.4. The van der Waals surface area contributed by atoms with Gasteiger partial charge in [0, 0.05) is 25.2 Å². The molecule has 1 aliphatic heterocycles. The summed E-state index contributed by atoms with van der Waals surface area (Å²) in [6.07, 6.45) is -0.0814. The van der Waals surface area contributed by atoms with Gasteiger partial charge in [0.15, 0.2) is 11.6 Å². The number of halogens is 1. The van der Waals surface area contributed by atoms with Crippen LogP contribution in [0, 0.1) is 5.82 Å². The third kappa shape index (κ3) is 3.33. The number of anilines is 2. The van der Waals surface area contributed by atoms with Crippen molar-refractivity contribution in [3.05, 3.63) is 17.9 Å². The van der Waals surface area contributed by atoms with Crippen LogP contribution in [0.3, 0.4) is 0 Å². The molecule has 0 amide bonds. The van der Waals surface area contributed by atoms with Crippen LogP contribution in [-0.2, 0) is 4.74 Å². The second-order valence-corrected chi connectivity index (χ2v) is 6.04. The van der Waals surface area contributed by atoms with E-state index in [0.29, 0.717) is 18.8 Å². The van der Waals surface area contributed by atoms with Gasteiger partial charge >= 0.3 is 0 Å². The maximum atomic E-state index is 13.9. The lowest BCUT2D eigenvalue weighted by Crippen LogP contribution is -2.48. The predicted octanol–water partition coefficient (Wildman–Crippen LogP) is 2.81. The minimum absolute atomic E-state index is 0.0814. The average Bonchev–Trinajstić information content (AvgIpc) is 2.30. The Bertz CT molecular complexity index is 489. The average molecular weight is 282 g/mol. The fraction of sp³-hybridized carbons (Fsp3) is 0.600. The fourth-order valence-electron chi connectivity index (χ4n) is 2.40. The number of nitrogens with two attached hydrogens (primary N) is 1. The van der Waals surface area contributed by atoms with E-state index in [1.54, 1.807) is 6.07 Å². The molecule has 1 aliphatic rings. The lowest BCUT2D eigenvalue weighted by molar-refractivity contribution is -0.0276. The fourth-order valence-corrected chi connectivity index (χ4v) is 2.40. The van der Waals surface area contributed by atoms with Gasteiger partial charge in [-0.25, -0.2) is 4.39 Å². The molecular weight excluding hydrogens is 259 g/mol. The molecule has 0 saturated carbocycles. The second kappa shape index (κ2) is 5.48. The topological polar surface area (TPSA) is 47.7 Å². The Labute approximate surface area is 119 Å². The van der Waals surface area contributed by atoms with Crippen molar-refractivity contribution in [3.8, 4) is 5.75 Å². The van der Waals surface area contributed by atoms with Crippen molar-refractivity contribution >= 4 is 11.4 Å². The highest BCUT2D eigenvalue weighted by atomic mass is 19.1. The van der Waals surface area contributed by atoms with E-state index in [9.17, 15) is 4.39 Å². The van der Waals surface area contributed by atoms with E-state index in [0.717, 1.165) is 12.2 Å². The smallest absolute Gasteiger partial charge is 0.167 e. The van der Waals surface area contributed by atoms with Gasteiger partial charge < -0.3 is 20.1 Å². The molecular formula is C15H23FN2O2.